The number of nitrogens with zero attached hydrogens (tertiary/aromatic N) is 1. The molecule has 0 spiro atoms. The molecule has 1 saturated heterocycles. The van der Waals surface area contributed by atoms with Gasteiger partial charge in [0.25, 0.3) is 0 Å². The van der Waals surface area contributed by atoms with Crippen molar-refractivity contribution in [2.45, 2.75) is 25.4 Å². The predicted molar refractivity (Wildman–Crippen MR) is 78.2 cm³/mol. The van der Waals surface area contributed by atoms with Crippen LogP contribution < -0.4 is 11.1 Å². The molecule has 3 N–H and O–H groups in total. The van der Waals surface area contributed by atoms with Gasteiger partial charge in [0.1, 0.15) is 0 Å². The highest BCUT2D eigenvalue weighted by atomic mass is 16.5. The van der Waals surface area contributed by atoms with Crippen molar-refractivity contribution in [2.75, 3.05) is 24.2 Å². The summed E-state index contributed by atoms with van der Waals surface area (Å²) in [5.41, 5.74) is 8.52. The molecular weight excluding hydrogens is 238 g/mol. The number of para-hydroxylation sites is 1. The Bertz CT molecular complexity index is 591. The molecule has 1 aromatic carbocycles. The lowest BCUT2D eigenvalue weighted by atomic mass is 10.0. The van der Waals surface area contributed by atoms with E-state index in [-0.39, 0.29) is 5.60 Å². The Kier molecular flexibility index (Phi) is 3.03. The van der Waals surface area contributed by atoms with Crippen LogP contribution >= 0.6 is 0 Å². The van der Waals surface area contributed by atoms with Crippen molar-refractivity contribution < 1.29 is 4.74 Å². The molecule has 1 fully saturated rings. The van der Waals surface area contributed by atoms with E-state index in [0.717, 1.165) is 42.6 Å². The van der Waals surface area contributed by atoms with Crippen LogP contribution in [0.15, 0.2) is 30.5 Å². The third-order valence-electron chi connectivity index (χ3n) is 3.76. The van der Waals surface area contributed by atoms with Gasteiger partial charge in [-0.2, -0.15) is 0 Å². The molecule has 2 heterocycles. The van der Waals surface area contributed by atoms with Gasteiger partial charge in [0.15, 0.2) is 0 Å². The lowest BCUT2D eigenvalue weighted by Crippen LogP contribution is -2.32. The first-order valence-electron chi connectivity index (χ1n) is 6.69. The summed E-state index contributed by atoms with van der Waals surface area (Å²) >= 11 is 0. The molecule has 0 saturated carbocycles. The molecule has 1 aliphatic heterocycles. The number of nitrogens with two attached hydrogens (primary N) is 1. The number of fused-ring (bicyclic) bond motifs is 1. The predicted octanol–water partition coefficient (Wildman–Crippen LogP) is 2.80. The van der Waals surface area contributed by atoms with E-state index >= 15 is 0 Å². The zero-order valence-electron chi connectivity index (χ0n) is 11.1. The number of anilines is 2. The fraction of sp³-hybridized carbons (Fsp3) is 0.400. The minimum absolute atomic E-state index is 0.0596. The summed E-state index contributed by atoms with van der Waals surface area (Å²) in [6.45, 7) is 3.83. The van der Waals surface area contributed by atoms with Crippen molar-refractivity contribution in [1.82, 2.24) is 4.98 Å². The highest BCUT2D eigenvalue weighted by Crippen LogP contribution is 2.28. The number of rotatable bonds is 3. The van der Waals surface area contributed by atoms with Gasteiger partial charge < -0.3 is 15.8 Å². The topological polar surface area (TPSA) is 60.2 Å². The van der Waals surface area contributed by atoms with Crippen molar-refractivity contribution in [2.24, 2.45) is 0 Å². The Balaban J connectivity index is 1.87. The first-order chi connectivity index (χ1) is 9.18. The Hall–Kier alpha value is -1.81. The van der Waals surface area contributed by atoms with E-state index in [1.54, 1.807) is 6.20 Å². The lowest BCUT2D eigenvalue weighted by Gasteiger charge is -2.24. The fourth-order valence-corrected chi connectivity index (χ4v) is 2.61. The van der Waals surface area contributed by atoms with E-state index in [9.17, 15) is 0 Å². The van der Waals surface area contributed by atoms with Gasteiger partial charge in [-0.1, -0.05) is 12.1 Å². The van der Waals surface area contributed by atoms with Gasteiger partial charge in [-0.3, -0.25) is 4.98 Å². The van der Waals surface area contributed by atoms with Crippen molar-refractivity contribution >= 4 is 22.3 Å². The van der Waals surface area contributed by atoms with Crippen LogP contribution in [0.4, 0.5) is 11.4 Å². The normalized spacial score (nSPS) is 22.8. The molecular formula is C15H19N3O. The van der Waals surface area contributed by atoms with Crippen LogP contribution in [-0.4, -0.2) is 23.7 Å². The summed E-state index contributed by atoms with van der Waals surface area (Å²) in [7, 11) is 0. The second-order valence-corrected chi connectivity index (χ2v) is 5.36. The third kappa shape index (κ3) is 2.36. The van der Waals surface area contributed by atoms with Gasteiger partial charge in [-0.05, 0) is 31.9 Å². The summed E-state index contributed by atoms with van der Waals surface area (Å²) in [6.07, 6.45) is 4.03. The molecule has 100 valence electrons. The zero-order chi connectivity index (χ0) is 13.3. The number of aromatic nitrogens is 1. The largest absolute Gasteiger partial charge is 0.397 e. The number of nitrogens with one attached hydrogen (secondary N) is 1. The van der Waals surface area contributed by atoms with Crippen LogP contribution in [0, 0.1) is 0 Å². The summed E-state index contributed by atoms with van der Waals surface area (Å²) in [6, 6.07) is 7.86. The number of ether oxygens (including phenoxy) is 1. The second-order valence-electron chi connectivity index (χ2n) is 5.36. The van der Waals surface area contributed by atoms with E-state index in [1.807, 2.05) is 24.3 Å². The van der Waals surface area contributed by atoms with Crippen LogP contribution in [0.3, 0.4) is 0 Å². The average molecular weight is 257 g/mol. The number of pyridine rings is 1. The van der Waals surface area contributed by atoms with E-state index in [0.29, 0.717) is 5.69 Å². The first kappa shape index (κ1) is 12.2. The summed E-state index contributed by atoms with van der Waals surface area (Å²) in [5.74, 6) is 0. The van der Waals surface area contributed by atoms with Crippen molar-refractivity contribution in [1.29, 1.82) is 0 Å². The molecule has 0 radical (unpaired) electrons. The molecule has 0 amide bonds. The van der Waals surface area contributed by atoms with E-state index in [4.69, 9.17) is 10.5 Å². The SMILES string of the molecule is CC1(CNc2ccnc3c(N)cccc23)CCCO1. The summed E-state index contributed by atoms with van der Waals surface area (Å²) < 4.78 is 5.80. The van der Waals surface area contributed by atoms with Gasteiger partial charge in [-0.25, -0.2) is 0 Å². The van der Waals surface area contributed by atoms with Crippen LogP contribution in [0.2, 0.25) is 0 Å². The molecule has 1 aromatic heterocycles. The first-order valence-corrected chi connectivity index (χ1v) is 6.69. The number of hydrogen-bond donors (Lipinski definition) is 2. The van der Waals surface area contributed by atoms with Crippen LogP contribution in [0.1, 0.15) is 19.8 Å². The minimum Gasteiger partial charge on any atom is -0.397 e. The van der Waals surface area contributed by atoms with Crippen LogP contribution in [0.25, 0.3) is 10.9 Å². The van der Waals surface area contributed by atoms with Crippen LogP contribution in [-0.2, 0) is 4.74 Å². The van der Waals surface area contributed by atoms with Gasteiger partial charge in [0.05, 0.1) is 16.8 Å². The third-order valence-corrected chi connectivity index (χ3v) is 3.76. The summed E-state index contributed by atoms with van der Waals surface area (Å²) in [4.78, 5) is 4.34. The van der Waals surface area contributed by atoms with Gasteiger partial charge in [-0.15, -0.1) is 0 Å². The zero-order valence-corrected chi connectivity index (χ0v) is 11.1. The standard InChI is InChI=1S/C15H19N3O/c1-15(7-3-9-19-15)10-18-13-6-8-17-14-11(13)4-2-5-12(14)16/h2,4-6,8H,3,7,9-10,16H2,1H3,(H,17,18). The van der Waals surface area contributed by atoms with Crippen LogP contribution in [0.5, 0.6) is 0 Å². The van der Waals surface area contributed by atoms with Crippen molar-refractivity contribution in [3.63, 3.8) is 0 Å². The van der Waals surface area contributed by atoms with E-state index in [1.165, 1.54) is 0 Å². The quantitative estimate of drug-likeness (QED) is 0.830. The second kappa shape index (κ2) is 4.70. The molecule has 0 aliphatic carbocycles. The average Bonchev–Trinajstić information content (AvgIpc) is 2.84. The Morgan fingerprint density at radius 2 is 2.32 bits per heavy atom. The lowest BCUT2D eigenvalue weighted by molar-refractivity contribution is 0.0315. The molecule has 0 bridgehead atoms. The molecule has 19 heavy (non-hydrogen) atoms. The maximum Gasteiger partial charge on any atom is 0.0951 e. The van der Waals surface area contributed by atoms with E-state index in [2.05, 4.69) is 17.2 Å². The molecule has 3 rings (SSSR count). The Morgan fingerprint density at radius 3 is 3.11 bits per heavy atom. The number of hydrogen-bond acceptors (Lipinski definition) is 4. The number of nitrogen functional groups attached to an aromatic ring is 1. The maximum atomic E-state index is 5.95. The Morgan fingerprint density at radius 1 is 1.42 bits per heavy atom. The highest BCUT2D eigenvalue weighted by molar-refractivity contribution is 5.97. The molecule has 1 atom stereocenters. The Labute approximate surface area is 113 Å². The highest BCUT2D eigenvalue weighted by Gasteiger charge is 2.29. The maximum absolute atomic E-state index is 5.95. The molecule has 4 heteroatoms. The van der Waals surface area contributed by atoms with Crippen molar-refractivity contribution in [3.8, 4) is 0 Å². The molecule has 1 aliphatic rings. The van der Waals surface area contributed by atoms with Gasteiger partial charge >= 0.3 is 0 Å². The summed E-state index contributed by atoms with van der Waals surface area (Å²) in [5, 5.41) is 4.54. The molecule has 1 unspecified atom stereocenters. The minimum atomic E-state index is -0.0596. The monoisotopic (exact) mass is 257 g/mol. The molecule has 4 nitrogen and oxygen atoms in total. The molecule has 2 aromatic rings. The van der Waals surface area contributed by atoms with E-state index < -0.39 is 0 Å². The smallest absolute Gasteiger partial charge is 0.0951 e. The number of benzene rings is 1. The van der Waals surface area contributed by atoms with Gasteiger partial charge in [0, 0.05) is 30.4 Å². The van der Waals surface area contributed by atoms with Gasteiger partial charge in [0.2, 0.25) is 0 Å². The fourth-order valence-electron chi connectivity index (χ4n) is 2.61. The van der Waals surface area contributed by atoms with Crippen molar-refractivity contribution in [3.05, 3.63) is 30.5 Å².